The van der Waals surface area contributed by atoms with Gasteiger partial charge in [0.1, 0.15) is 0 Å². The molecule has 0 unspecified atom stereocenters. The SMILES string of the molecule is Nc1nnc(Cl)c2cccn12. The predicted octanol–water partition coefficient (Wildman–Crippen LogP) is 0.965. The first-order valence-electron chi connectivity index (χ1n) is 3.04. The molecule has 5 heteroatoms. The summed E-state index contributed by atoms with van der Waals surface area (Å²) in [7, 11) is 0. The highest BCUT2D eigenvalue weighted by atomic mass is 35.5. The molecule has 2 aromatic heterocycles. The lowest BCUT2D eigenvalue weighted by Crippen LogP contribution is -2.01. The van der Waals surface area contributed by atoms with E-state index in [4.69, 9.17) is 17.3 Å². The Morgan fingerprint density at radius 2 is 2.27 bits per heavy atom. The lowest BCUT2D eigenvalue weighted by molar-refractivity contribution is 0.970. The molecule has 0 atom stereocenters. The first-order chi connectivity index (χ1) is 5.29. The van der Waals surface area contributed by atoms with E-state index < -0.39 is 0 Å². The van der Waals surface area contributed by atoms with Crippen LogP contribution in [0.1, 0.15) is 0 Å². The maximum absolute atomic E-state index is 5.72. The number of nitrogens with zero attached hydrogens (tertiary/aromatic N) is 3. The highest BCUT2D eigenvalue weighted by Gasteiger charge is 2.01. The molecule has 0 amide bonds. The number of halogens is 1. The molecule has 0 saturated heterocycles. The summed E-state index contributed by atoms with van der Waals surface area (Å²) in [5.41, 5.74) is 6.28. The summed E-state index contributed by atoms with van der Waals surface area (Å²) in [6.07, 6.45) is 1.78. The Morgan fingerprint density at radius 3 is 3.00 bits per heavy atom. The van der Waals surface area contributed by atoms with Gasteiger partial charge in [0.05, 0.1) is 5.52 Å². The molecule has 2 aromatic rings. The van der Waals surface area contributed by atoms with E-state index in [1.54, 1.807) is 10.6 Å². The molecule has 2 N–H and O–H groups in total. The molecule has 0 aliphatic heterocycles. The van der Waals surface area contributed by atoms with Crippen LogP contribution in [0.5, 0.6) is 0 Å². The van der Waals surface area contributed by atoms with Crippen molar-refractivity contribution in [3.63, 3.8) is 0 Å². The fourth-order valence-corrected chi connectivity index (χ4v) is 1.14. The van der Waals surface area contributed by atoms with E-state index in [2.05, 4.69) is 10.2 Å². The van der Waals surface area contributed by atoms with Gasteiger partial charge in [-0.3, -0.25) is 4.40 Å². The van der Waals surface area contributed by atoms with Crippen LogP contribution in [0.2, 0.25) is 5.15 Å². The van der Waals surface area contributed by atoms with Crippen molar-refractivity contribution in [1.29, 1.82) is 0 Å². The standard InChI is InChI=1S/C6H5ClN4/c7-5-4-2-1-3-11(4)6(8)10-9-5/h1-3H,(H2,8,10). The van der Waals surface area contributed by atoms with Crippen LogP contribution in [0.4, 0.5) is 5.95 Å². The molecule has 0 fully saturated rings. The fourth-order valence-electron chi connectivity index (χ4n) is 0.943. The molecule has 2 heterocycles. The molecule has 56 valence electrons. The topological polar surface area (TPSA) is 56.2 Å². The van der Waals surface area contributed by atoms with E-state index in [1.807, 2.05) is 12.1 Å². The summed E-state index contributed by atoms with van der Waals surface area (Å²) in [4.78, 5) is 0. The quantitative estimate of drug-likeness (QED) is 0.638. The van der Waals surface area contributed by atoms with Gasteiger partial charge in [-0.05, 0) is 12.1 Å². The van der Waals surface area contributed by atoms with Gasteiger partial charge in [0, 0.05) is 6.20 Å². The average molecular weight is 169 g/mol. The number of hydrogen-bond acceptors (Lipinski definition) is 3. The van der Waals surface area contributed by atoms with Crippen LogP contribution >= 0.6 is 11.6 Å². The molecule has 0 aliphatic carbocycles. The summed E-state index contributed by atoms with van der Waals surface area (Å²) in [6.45, 7) is 0. The largest absolute Gasteiger partial charge is 0.368 e. The normalized spacial score (nSPS) is 10.6. The van der Waals surface area contributed by atoms with Gasteiger partial charge in [0.2, 0.25) is 5.95 Å². The molecule has 0 aliphatic rings. The van der Waals surface area contributed by atoms with Gasteiger partial charge in [-0.1, -0.05) is 11.6 Å². The van der Waals surface area contributed by atoms with Crippen LogP contribution in [0, 0.1) is 0 Å². The number of nitrogen functional groups attached to an aromatic ring is 1. The molecule has 4 nitrogen and oxygen atoms in total. The Kier molecular flexibility index (Phi) is 1.22. The monoisotopic (exact) mass is 168 g/mol. The Morgan fingerprint density at radius 1 is 1.45 bits per heavy atom. The maximum Gasteiger partial charge on any atom is 0.225 e. The minimum Gasteiger partial charge on any atom is -0.368 e. The van der Waals surface area contributed by atoms with Gasteiger partial charge in [0.25, 0.3) is 0 Å². The Balaban J connectivity index is 2.96. The zero-order chi connectivity index (χ0) is 7.84. The molecular weight excluding hydrogens is 164 g/mol. The van der Waals surface area contributed by atoms with E-state index in [0.29, 0.717) is 11.1 Å². The summed E-state index contributed by atoms with van der Waals surface area (Å²) in [6, 6.07) is 3.66. The zero-order valence-electron chi connectivity index (χ0n) is 5.53. The Hall–Kier alpha value is -1.29. The van der Waals surface area contributed by atoms with Crippen LogP contribution in [-0.4, -0.2) is 14.6 Å². The van der Waals surface area contributed by atoms with E-state index in [9.17, 15) is 0 Å². The van der Waals surface area contributed by atoms with Crippen LogP contribution in [0.25, 0.3) is 5.52 Å². The van der Waals surface area contributed by atoms with Crippen LogP contribution in [0.15, 0.2) is 18.3 Å². The second-order valence-corrected chi connectivity index (χ2v) is 2.47. The van der Waals surface area contributed by atoms with E-state index in [-0.39, 0.29) is 0 Å². The number of rotatable bonds is 0. The van der Waals surface area contributed by atoms with Crippen molar-refractivity contribution in [1.82, 2.24) is 14.6 Å². The number of aromatic nitrogens is 3. The molecule has 0 bridgehead atoms. The summed E-state index contributed by atoms with van der Waals surface area (Å²) >= 11 is 5.72. The van der Waals surface area contributed by atoms with Crippen molar-refractivity contribution >= 4 is 23.1 Å². The highest BCUT2D eigenvalue weighted by molar-refractivity contribution is 6.32. The third-order valence-corrected chi connectivity index (χ3v) is 1.72. The number of hydrogen-bond donors (Lipinski definition) is 1. The zero-order valence-corrected chi connectivity index (χ0v) is 6.28. The third kappa shape index (κ3) is 0.832. The predicted molar refractivity (Wildman–Crippen MR) is 42.4 cm³/mol. The van der Waals surface area contributed by atoms with Crippen LogP contribution < -0.4 is 5.73 Å². The first-order valence-corrected chi connectivity index (χ1v) is 3.41. The second-order valence-electron chi connectivity index (χ2n) is 2.11. The van der Waals surface area contributed by atoms with Crippen molar-refractivity contribution in [2.75, 3.05) is 5.73 Å². The van der Waals surface area contributed by atoms with Gasteiger partial charge in [-0.2, -0.15) is 0 Å². The van der Waals surface area contributed by atoms with Crippen molar-refractivity contribution in [3.05, 3.63) is 23.5 Å². The molecule has 0 saturated carbocycles. The van der Waals surface area contributed by atoms with Crippen molar-refractivity contribution < 1.29 is 0 Å². The molecule has 2 rings (SSSR count). The van der Waals surface area contributed by atoms with E-state index in [1.165, 1.54) is 0 Å². The van der Waals surface area contributed by atoms with Gasteiger partial charge >= 0.3 is 0 Å². The fraction of sp³-hybridized carbons (Fsp3) is 0. The average Bonchev–Trinajstić information content (AvgIpc) is 2.45. The lowest BCUT2D eigenvalue weighted by atomic mass is 10.5. The van der Waals surface area contributed by atoms with E-state index >= 15 is 0 Å². The molecule has 0 spiro atoms. The second kappa shape index (κ2) is 2.10. The highest BCUT2D eigenvalue weighted by Crippen LogP contribution is 2.15. The minimum atomic E-state index is 0.342. The molecule has 11 heavy (non-hydrogen) atoms. The lowest BCUT2D eigenvalue weighted by Gasteiger charge is -1.97. The summed E-state index contributed by atoms with van der Waals surface area (Å²) in [5.74, 6) is 0.342. The minimum absolute atomic E-state index is 0.342. The first kappa shape index (κ1) is 6.42. The van der Waals surface area contributed by atoms with Gasteiger partial charge in [-0.25, -0.2) is 0 Å². The summed E-state index contributed by atoms with van der Waals surface area (Å²) in [5, 5.41) is 7.65. The molecule has 0 aromatic carbocycles. The molecular formula is C6H5ClN4. The van der Waals surface area contributed by atoms with Crippen LogP contribution in [0.3, 0.4) is 0 Å². The van der Waals surface area contributed by atoms with Crippen molar-refractivity contribution in [3.8, 4) is 0 Å². The Labute approximate surface area is 67.6 Å². The number of fused-ring (bicyclic) bond motifs is 1. The summed E-state index contributed by atoms with van der Waals surface area (Å²) < 4.78 is 1.68. The maximum atomic E-state index is 5.72. The number of nitrogens with two attached hydrogens (primary N) is 1. The third-order valence-electron chi connectivity index (χ3n) is 1.45. The molecule has 0 radical (unpaired) electrons. The van der Waals surface area contributed by atoms with Crippen LogP contribution in [-0.2, 0) is 0 Å². The van der Waals surface area contributed by atoms with Crippen molar-refractivity contribution in [2.45, 2.75) is 0 Å². The Bertz CT molecular complexity index is 358. The van der Waals surface area contributed by atoms with Crippen molar-refractivity contribution in [2.24, 2.45) is 0 Å². The van der Waals surface area contributed by atoms with Gasteiger partial charge in [-0.15, -0.1) is 10.2 Å². The number of anilines is 1. The van der Waals surface area contributed by atoms with Gasteiger partial charge in [0.15, 0.2) is 5.15 Å². The smallest absolute Gasteiger partial charge is 0.225 e. The van der Waals surface area contributed by atoms with Gasteiger partial charge < -0.3 is 5.73 Å². The van der Waals surface area contributed by atoms with E-state index in [0.717, 1.165) is 5.52 Å².